The van der Waals surface area contributed by atoms with Crippen LogP contribution in [-0.4, -0.2) is 52.8 Å². The van der Waals surface area contributed by atoms with E-state index < -0.39 is 75.9 Å². The maximum absolute atomic E-state index is 13.8. The highest BCUT2D eigenvalue weighted by Gasteiger charge is 2.55. The Labute approximate surface area is 236 Å². The van der Waals surface area contributed by atoms with Crippen LogP contribution in [-0.2, 0) is 9.59 Å². The van der Waals surface area contributed by atoms with Gasteiger partial charge in [-0.05, 0) is 35.4 Å². The van der Waals surface area contributed by atoms with E-state index in [2.05, 4.69) is 0 Å². The second kappa shape index (κ2) is 9.41. The van der Waals surface area contributed by atoms with Crippen LogP contribution in [0.2, 0.25) is 0 Å². The van der Waals surface area contributed by atoms with Gasteiger partial charge in [-0.1, -0.05) is 24.3 Å². The molecule has 0 fully saturated rings. The van der Waals surface area contributed by atoms with Crippen molar-refractivity contribution in [1.82, 2.24) is 0 Å². The molecule has 2 heterocycles. The van der Waals surface area contributed by atoms with Gasteiger partial charge >= 0.3 is 11.9 Å². The molecule has 8 N–H and O–H groups in total. The lowest BCUT2D eigenvalue weighted by molar-refractivity contribution is -0.154. The van der Waals surface area contributed by atoms with Crippen molar-refractivity contribution in [3.63, 3.8) is 0 Å². The van der Waals surface area contributed by atoms with Gasteiger partial charge in [-0.3, -0.25) is 9.59 Å². The predicted molar refractivity (Wildman–Crippen MR) is 141 cm³/mol. The van der Waals surface area contributed by atoms with Gasteiger partial charge in [0, 0.05) is 29.5 Å². The highest BCUT2D eigenvalue weighted by Crippen LogP contribution is 2.61. The maximum atomic E-state index is 13.8. The lowest BCUT2D eigenvalue weighted by Gasteiger charge is -2.41. The number of hydrogen-bond donors (Lipinski definition) is 8. The zero-order valence-corrected chi connectivity index (χ0v) is 21.3. The van der Waals surface area contributed by atoms with Crippen LogP contribution in [0.4, 0.5) is 0 Å². The molecule has 0 saturated heterocycles. The first-order valence-electron chi connectivity index (χ1n) is 12.5. The molecule has 0 aliphatic carbocycles. The van der Waals surface area contributed by atoms with E-state index in [0.29, 0.717) is 5.56 Å². The van der Waals surface area contributed by atoms with Gasteiger partial charge in [-0.2, -0.15) is 0 Å². The molecular weight excluding hydrogens is 552 g/mol. The van der Waals surface area contributed by atoms with Crippen LogP contribution in [0.3, 0.4) is 0 Å². The Balaban J connectivity index is 1.65. The van der Waals surface area contributed by atoms with Gasteiger partial charge < -0.3 is 50.3 Å². The maximum Gasteiger partial charge on any atom is 0.316 e. The number of carbonyl (C=O) groups excluding carboxylic acids is 2. The Kier molecular flexibility index (Phi) is 5.92. The van der Waals surface area contributed by atoms with Gasteiger partial charge in [0.2, 0.25) is 17.2 Å². The molecule has 0 spiro atoms. The van der Waals surface area contributed by atoms with E-state index in [9.17, 15) is 50.4 Å². The topological polar surface area (TPSA) is 214 Å². The molecule has 4 atom stereocenters. The molecular formula is C30H22O12. The summed E-state index contributed by atoms with van der Waals surface area (Å²) in [7, 11) is 0. The highest BCUT2D eigenvalue weighted by atomic mass is 16.6. The summed E-state index contributed by atoms with van der Waals surface area (Å²) in [5, 5.41) is 82.9. The number of rotatable bonds is 3. The van der Waals surface area contributed by atoms with Crippen LogP contribution in [0.25, 0.3) is 0 Å². The smallest absolute Gasteiger partial charge is 0.316 e. The summed E-state index contributed by atoms with van der Waals surface area (Å²) in [5.74, 6) is -13.8. The molecule has 2 aliphatic heterocycles. The molecule has 0 saturated carbocycles. The zero-order valence-electron chi connectivity index (χ0n) is 21.3. The molecule has 0 radical (unpaired) electrons. The Morgan fingerprint density at radius 2 is 0.976 bits per heavy atom. The van der Waals surface area contributed by atoms with E-state index in [1.54, 1.807) is 0 Å². The van der Waals surface area contributed by atoms with Crippen molar-refractivity contribution in [1.29, 1.82) is 0 Å². The second-order valence-corrected chi connectivity index (χ2v) is 10.0. The zero-order chi connectivity index (χ0) is 30.0. The van der Waals surface area contributed by atoms with E-state index in [1.165, 1.54) is 48.5 Å². The van der Waals surface area contributed by atoms with Crippen LogP contribution in [0.5, 0.6) is 57.5 Å². The Morgan fingerprint density at radius 1 is 0.500 bits per heavy atom. The summed E-state index contributed by atoms with van der Waals surface area (Å²) < 4.78 is 10.9. The van der Waals surface area contributed by atoms with Crippen LogP contribution in [0, 0.1) is 11.8 Å². The molecule has 0 amide bonds. The van der Waals surface area contributed by atoms with Crippen molar-refractivity contribution in [2.75, 3.05) is 0 Å². The Bertz CT molecular complexity index is 1760. The first-order valence-corrected chi connectivity index (χ1v) is 12.5. The molecule has 4 aromatic rings. The summed E-state index contributed by atoms with van der Waals surface area (Å²) in [5.41, 5.74) is 0.275. The number of hydrogen-bond acceptors (Lipinski definition) is 12. The monoisotopic (exact) mass is 574 g/mol. The van der Waals surface area contributed by atoms with Crippen molar-refractivity contribution in [3.05, 3.63) is 82.9 Å². The third kappa shape index (κ3) is 3.91. The molecule has 214 valence electrons. The van der Waals surface area contributed by atoms with Crippen LogP contribution in [0.1, 0.15) is 34.1 Å². The molecule has 4 aromatic carbocycles. The van der Waals surface area contributed by atoms with Crippen molar-refractivity contribution in [2.45, 2.75) is 11.8 Å². The number of aromatic hydroxyl groups is 8. The van der Waals surface area contributed by atoms with Gasteiger partial charge in [0.05, 0.1) is 17.4 Å². The first kappa shape index (κ1) is 26.4. The lowest BCUT2D eigenvalue weighted by atomic mass is 9.65. The number of phenols is 8. The summed E-state index contributed by atoms with van der Waals surface area (Å²) in [6.07, 6.45) is 0. The molecule has 2 aliphatic rings. The molecule has 42 heavy (non-hydrogen) atoms. The van der Waals surface area contributed by atoms with E-state index in [4.69, 9.17) is 9.47 Å². The van der Waals surface area contributed by atoms with Gasteiger partial charge in [0.25, 0.3) is 0 Å². The van der Waals surface area contributed by atoms with Crippen LogP contribution in [0.15, 0.2) is 60.7 Å². The largest absolute Gasteiger partial charge is 0.508 e. The highest BCUT2D eigenvalue weighted by molar-refractivity contribution is 5.92. The normalized spacial score (nSPS) is 21.1. The fourth-order valence-corrected chi connectivity index (χ4v) is 5.88. The van der Waals surface area contributed by atoms with E-state index in [-0.39, 0.29) is 33.9 Å². The molecule has 6 rings (SSSR count). The number of carbonyl (C=O) groups is 2. The minimum absolute atomic E-state index is 0.0340. The number of benzene rings is 4. The third-order valence-corrected chi connectivity index (χ3v) is 7.68. The van der Waals surface area contributed by atoms with Crippen molar-refractivity contribution in [3.8, 4) is 57.5 Å². The minimum Gasteiger partial charge on any atom is -0.508 e. The SMILES string of the molecule is O=C1Oc2cc(O)cc(O)c2C(c2ccc(O)cc2)C1C1C(=O)Oc2c(O)c(O)c(O)c(O)c2C1c1ccc(O)cc1. The van der Waals surface area contributed by atoms with Gasteiger partial charge in [0.15, 0.2) is 11.5 Å². The second-order valence-electron chi connectivity index (χ2n) is 10.0. The predicted octanol–water partition coefficient (Wildman–Crippen LogP) is 3.37. The van der Waals surface area contributed by atoms with Crippen molar-refractivity contribution in [2.24, 2.45) is 11.8 Å². The fraction of sp³-hybridized carbons (Fsp3) is 0.133. The first-order chi connectivity index (χ1) is 20.0. The molecule has 0 bridgehead atoms. The number of fused-ring (bicyclic) bond motifs is 2. The summed E-state index contributed by atoms with van der Waals surface area (Å²) in [6, 6.07) is 13.1. The van der Waals surface area contributed by atoms with Crippen molar-refractivity contribution < 1.29 is 59.9 Å². The van der Waals surface area contributed by atoms with Crippen molar-refractivity contribution >= 4 is 11.9 Å². The fourth-order valence-electron chi connectivity index (χ4n) is 5.88. The number of ether oxygens (including phenoxy) is 2. The van der Waals surface area contributed by atoms with E-state index >= 15 is 0 Å². The molecule has 4 unspecified atom stereocenters. The molecule has 12 heteroatoms. The van der Waals surface area contributed by atoms with Crippen LogP contribution < -0.4 is 9.47 Å². The standard InChI is InChI=1S/C30H22O12/c31-13-5-1-11(2-6-13)18-20-16(34)9-15(33)10-17(20)41-29(39)21(18)22-19(12-3-7-14(32)8-4-12)23-24(35)25(36)26(37)27(38)28(23)42-30(22)40/h1-10,18-19,21-22,31-38H. The number of phenolic OH excluding ortho intramolecular Hbond substituents is 8. The lowest BCUT2D eigenvalue weighted by Crippen LogP contribution is -2.46. The van der Waals surface area contributed by atoms with Gasteiger partial charge in [-0.25, -0.2) is 0 Å². The molecule has 12 nitrogen and oxygen atoms in total. The average molecular weight is 574 g/mol. The number of esters is 2. The summed E-state index contributed by atoms with van der Waals surface area (Å²) in [4.78, 5) is 27.6. The van der Waals surface area contributed by atoms with Gasteiger partial charge in [0.1, 0.15) is 28.7 Å². The van der Waals surface area contributed by atoms with Gasteiger partial charge in [-0.15, -0.1) is 0 Å². The quantitative estimate of drug-likeness (QED) is 0.0765. The Hall–Kier alpha value is -5.78. The molecule has 0 aromatic heterocycles. The van der Waals surface area contributed by atoms with Crippen LogP contribution >= 0.6 is 0 Å². The summed E-state index contributed by atoms with van der Waals surface area (Å²) >= 11 is 0. The third-order valence-electron chi connectivity index (χ3n) is 7.68. The Morgan fingerprint density at radius 3 is 1.52 bits per heavy atom. The average Bonchev–Trinajstić information content (AvgIpc) is 2.95. The van der Waals surface area contributed by atoms with E-state index in [0.717, 1.165) is 12.1 Å². The minimum atomic E-state index is -1.57. The summed E-state index contributed by atoms with van der Waals surface area (Å²) in [6.45, 7) is 0. The van der Waals surface area contributed by atoms with E-state index in [1.807, 2.05) is 0 Å².